The van der Waals surface area contributed by atoms with E-state index in [4.69, 9.17) is 0 Å². The summed E-state index contributed by atoms with van der Waals surface area (Å²) in [5.74, 6) is -0.706. The highest BCUT2D eigenvalue weighted by atomic mass is 79.9. The molecule has 7 nitrogen and oxygen atoms in total. The van der Waals surface area contributed by atoms with E-state index in [1.54, 1.807) is 6.07 Å². The Kier molecular flexibility index (Phi) is 3.61. The molecule has 8 heteroatoms. The molecule has 19 heavy (non-hydrogen) atoms. The van der Waals surface area contributed by atoms with Gasteiger partial charge in [0, 0.05) is 4.47 Å². The summed E-state index contributed by atoms with van der Waals surface area (Å²) >= 11 is 3.30. The third-order valence-corrected chi connectivity index (χ3v) is 2.96. The largest absolute Gasteiger partial charge is 0.342 e. The van der Waals surface area contributed by atoms with E-state index in [-0.39, 0.29) is 0 Å². The maximum absolute atomic E-state index is 11.8. The fourth-order valence-electron chi connectivity index (χ4n) is 1.40. The Morgan fingerprint density at radius 1 is 1.37 bits per heavy atom. The minimum Gasteiger partial charge on any atom is -0.319 e. The van der Waals surface area contributed by atoms with Gasteiger partial charge in [-0.25, -0.2) is 9.89 Å². The van der Waals surface area contributed by atoms with Crippen LogP contribution in [-0.4, -0.2) is 21.1 Å². The van der Waals surface area contributed by atoms with Crippen LogP contribution in [0.2, 0.25) is 0 Å². The molecule has 0 bridgehead atoms. The van der Waals surface area contributed by atoms with Crippen molar-refractivity contribution in [2.45, 2.75) is 6.92 Å². The number of hydrogen-bond acceptors (Lipinski definition) is 4. The number of anilines is 1. The van der Waals surface area contributed by atoms with Gasteiger partial charge in [0.05, 0.1) is 5.69 Å². The molecule has 0 aliphatic carbocycles. The molecule has 0 aliphatic rings. The molecule has 0 aliphatic heterocycles. The van der Waals surface area contributed by atoms with Crippen LogP contribution in [-0.2, 0) is 0 Å². The van der Waals surface area contributed by atoms with E-state index < -0.39 is 22.9 Å². The molecule has 0 atom stereocenters. The van der Waals surface area contributed by atoms with Gasteiger partial charge in [0.15, 0.2) is 0 Å². The lowest BCUT2D eigenvalue weighted by Crippen LogP contribution is -2.32. The third-order valence-electron chi connectivity index (χ3n) is 2.30. The number of carbonyl (C=O) groups is 1. The van der Waals surface area contributed by atoms with Crippen molar-refractivity contribution in [1.82, 2.24) is 15.2 Å². The smallest absolute Gasteiger partial charge is 0.319 e. The van der Waals surface area contributed by atoms with Crippen molar-refractivity contribution in [2.24, 2.45) is 0 Å². The highest BCUT2D eigenvalue weighted by Crippen LogP contribution is 2.23. The first-order valence-electron chi connectivity index (χ1n) is 5.24. The summed E-state index contributed by atoms with van der Waals surface area (Å²) < 4.78 is 0.682. The Hall–Kier alpha value is -2.22. The highest BCUT2D eigenvalue weighted by Gasteiger charge is 2.14. The van der Waals surface area contributed by atoms with Crippen molar-refractivity contribution in [3.63, 3.8) is 0 Å². The predicted molar refractivity (Wildman–Crippen MR) is 72.3 cm³/mol. The molecule has 2 rings (SSSR count). The van der Waals surface area contributed by atoms with Crippen LogP contribution in [0.15, 0.2) is 32.3 Å². The van der Waals surface area contributed by atoms with Gasteiger partial charge in [-0.2, -0.15) is 5.10 Å². The third kappa shape index (κ3) is 2.97. The molecule has 1 amide bonds. The number of aryl methyl sites for hydroxylation is 1. The predicted octanol–water partition coefficient (Wildman–Crippen LogP) is 0.781. The zero-order chi connectivity index (χ0) is 14.0. The number of nitrogens with one attached hydrogen (secondary N) is 3. The highest BCUT2D eigenvalue weighted by molar-refractivity contribution is 9.10. The normalized spacial score (nSPS) is 10.2. The van der Waals surface area contributed by atoms with Crippen molar-refractivity contribution in [3.05, 3.63) is 54.8 Å². The van der Waals surface area contributed by atoms with Gasteiger partial charge in [-0.3, -0.25) is 14.6 Å². The second-order valence-electron chi connectivity index (χ2n) is 3.79. The van der Waals surface area contributed by atoms with Crippen LogP contribution in [0.4, 0.5) is 5.69 Å². The lowest BCUT2D eigenvalue weighted by atomic mass is 10.2. The molecule has 2 aromatic rings. The summed E-state index contributed by atoms with van der Waals surface area (Å²) in [5.41, 5.74) is -0.498. The molecule has 0 fully saturated rings. The topological polar surface area (TPSA) is 108 Å². The van der Waals surface area contributed by atoms with Crippen LogP contribution in [0, 0.1) is 6.92 Å². The van der Waals surface area contributed by atoms with Crippen LogP contribution in [0.3, 0.4) is 0 Å². The SMILES string of the molecule is Cc1ccc(NC(=O)c2n[nH]c(=O)[nH]c2=O)c(Br)c1. The van der Waals surface area contributed by atoms with Crippen molar-refractivity contribution in [1.29, 1.82) is 0 Å². The summed E-state index contributed by atoms with van der Waals surface area (Å²) in [4.78, 5) is 36.0. The first kappa shape index (κ1) is 13.2. The van der Waals surface area contributed by atoms with Crippen LogP contribution in [0.25, 0.3) is 0 Å². The molecule has 1 heterocycles. The quantitative estimate of drug-likeness (QED) is 0.758. The van der Waals surface area contributed by atoms with E-state index in [0.29, 0.717) is 10.2 Å². The molecule has 98 valence electrons. The molecule has 1 aromatic carbocycles. The number of H-pyrrole nitrogens is 2. The van der Waals surface area contributed by atoms with Crippen molar-refractivity contribution in [3.8, 4) is 0 Å². The number of benzene rings is 1. The van der Waals surface area contributed by atoms with Gasteiger partial charge >= 0.3 is 5.69 Å². The average Bonchev–Trinajstić information content (AvgIpc) is 2.32. The first-order valence-corrected chi connectivity index (χ1v) is 6.03. The molecular formula is C11H9BrN4O3. The van der Waals surface area contributed by atoms with E-state index in [0.717, 1.165) is 5.56 Å². The van der Waals surface area contributed by atoms with Gasteiger partial charge in [-0.15, -0.1) is 0 Å². The van der Waals surface area contributed by atoms with E-state index >= 15 is 0 Å². The minimum atomic E-state index is -0.843. The molecular weight excluding hydrogens is 316 g/mol. The molecule has 0 saturated heterocycles. The molecule has 0 radical (unpaired) electrons. The van der Waals surface area contributed by atoms with E-state index in [1.165, 1.54) is 0 Å². The van der Waals surface area contributed by atoms with Crippen molar-refractivity contribution < 1.29 is 4.79 Å². The van der Waals surface area contributed by atoms with Gasteiger partial charge < -0.3 is 5.32 Å². The Morgan fingerprint density at radius 2 is 2.11 bits per heavy atom. The summed E-state index contributed by atoms with van der Waals surface area (Å²) in [6, 6.07) is 5.32. The maximum atomic E-state index is 11.8. The molecule has 3 N–H and O–H groups in total. The van der Waals surface area contributed by atoms with Crippen LogP contribution in [0.1, 0.15) is 16.1 Å². The minimum absolute atomic E-state index is 0.410. The fourth-order valence-corrected chi connectivity index (χ4v) is 2.00. The van der Waals surface area contributed by atoms with Gasteiger partial charge in [0.2, 0.25) is 5.69 Å². The Bertz CT molecular complexity index is 750. The molecule has 0 saturated carbocycles. The number of halogens is 1. The maximum Gasteiger partial charge on any atom is 0.342 e. The second kappa shape index (κ2) is 5.19. The monoisotopic (exact) mass is 324 g/mol. The van der Waals surface area contributed by atoms with E-state index in [9.17, 15) is 14.4 Å². The van der Waals surface area contributed by atoms with Crippen LogP contribution >= 0.6 is 15.9 Å². The number of hydrogen-bond donors (Lipinski definition) is 3. The van der Waals surface area contributed by atoms with Gasteiger partial charge in [0.25, 0.3) is 11.5 Å². The zero-order valence-electron chi connectivity index (χ0n) is 9.78. The first-order chi connectivity index (χ1) is 8.97. The Balaban J connectivity index is 2.31. The van der Waals surface area contributed by atoms with Gasteiger partial charge in [0.1, 0.15) is 0 Å². The number of carbonyl (C=O) groups excluding carboxylic acids is 1. The standard InChI is InChI=1S/C11H9BrN4O3/c1-5-2-3-7(6(12)4-5)13-9(17)8-10(18)14-11(19)16-15-8/h2-4H,1H3,(H,13,17)(H2,14,16,18,19). The van der Waals surface area contributed by atoms with E-state index in [2.05, 4.69) is 26.3 Å². The van der Waals surface area contributed by atoms with Crippen LogP contribution in [0.5, 0.6) is 0 Å². The lowest BCUT2D eigenvalue weighted by molar-refractivity contribution is 0.101. The number of amides is 1. The number of aromatic nitrogens is 3. The number of rotatable bonds is 2. The van der Waals surface area contributed by atoms with Crippen LogP contribution < -0.4 is 16.6 Å². The van der Waals surface area contributed by atoms with Crippen molar-refractivity contribution >= 4 is 27.5 Å². The van der Waals surface area contributed by atoms with Crippen molar-refractivity contribution in [2.75, 3.05) is 5.32 Å². The Labute approximate surface area is 115 Å². The second-order valence-corrected chi connectivity index (χ2v) is 4.65. The Morgan fingerprint density at radius 3 is 2.74 bits per heavy atom. The van der Waals surface area contributed by atoms with Gasteiger partial charge in [-0.1, -0.05) is 6.07 Å². The fraction of sp³-hybridized carbons (Fsp3) is 0.0909. The van der Waals surface area contributed by atoms with E-state index in [1.807, 2.05) is 29.1 Å². The number of nitrogens with zero attached hydrogens (tertiary/aromatic N) is 1. The average molecular weight is 325 g/mol. The zero-order valence-corrected chi connectivity index (χ0v) is 11.4. The van der Waals surface area contributed by atoms with Gasteiger partial charge in [-0.05, 0) is 40.5 Å². The summed E-state index contributed by atoms with van der Waals surface area (Å²) in [5, 5.41) is 7.93. The molecule has 0 spiro atoms. The lowest BCUT2D eigenvalue weighted by Gasteiger charge is -2.06. The number of aromatic amines is 2. The summed E-state index contributed by atoms with van der Waals surface area (Å²) in [6.07, 6.45) is 0. The molecule has 0 unspecified atom stereocenters. The summed E-state index contributed by atoms with van der Waals surface area (Å²) in [6.45, 7) is 1.91. The summed E-state index contributed by atoms with van der Waals surface area (Å²) in [7, 11) is 0. The molecule has 1 aromatic heterocycles.